The molecule has 0 aliphatic rings. The third-order valence-electron chi connectivity index (χ3n) is 5.06. The topological polar surface area (TPSA) is 118 Å². The van der Waals surface area contributed by atoms with Crippen LogP contribution in [0.25, 0.3) is 0 Å². The number of carbonyl (C=O) groups excluding carboxylic acids is 3. The highest BCUT2D eigenvalue weighted by molar-refractivity contribution is 14.1. The van der Waals surface area contributed by atoms with Gasteiger partial charge in [0.15, 0.2) is 18.1 Å². The lowest BCUT2D eigenvalue weighted by atomic mass is 10.1. The number of nitrogens with zero attached hydrogens (tertiary/aromatic N) is 1. The van der Waals surface area contributed by atoms with E-state index < -0.39 is 11.8 Å². The van der Waals surface area contributed by atoms with E-state index in [0.29, 0.717) is 26.3 Å². The van der Waals surface area contributed by atoms with Gasteiger partial charge < -0.3 is 20.1 Å². The maximum Gasteiger partial charge on any atom is 0.329 e. The second-order valence-electron chi connectivity index (χ2n) is 8.11. The molecule has 0 fully saturated rings. The molecule has 0 atom stereocenters. The van der Waals surface area contributed by atoms with Crippen molar-refractivity contribution in [3.63, 3.8) is 0 Å². The average Bonchev–Trinajstić information content (AvgIpc) is 2.87. The van der Waals surface area contributed by atoms with Crippen LogP contribution in [-0.4, -0.2) is 37.7 Å². The Balaban J connectivity index is 1.54. The first-order valence-electron chi connectivity index (χ1n) is 11.3. The van der Waals surface area contributed by atoms with Crippen molar-refractivity contribution in [3.05, 3.63) is 86.5 Å². The fraction of sp³-hybridized carbons (Fsp3) is 0.185. The minimum atomic E-state index is -0.885. The van der Waals surface area contributed by atoms with E-state index in [1.165, 1.54) is 13.3 Å². The summed E-state index contributed by atoms with van der Waals surface area (Å²) in [6.07, 6.45) is 1.38. The Kier molecular flexibility index (Phi) is 10.0. The predicted molar refractivity (Wildman–Crippen MR) is 150 cm³/mol. The number of benzene rings is 3. The van der Waals surface area contributed by atoms with Crippen molar-refractivity contribution in [2.45, 2.75) is 20.4 Å². The number of methoxy groups -OCH3 is 1. The number of hydrogen-bond donors (Lipinski definition) is 3. The van der Waals surface area contributed by atoms with Gasteiger partial charge >= 0.3 is 11.8 Å². The van der Waals surface area contributed by atoms with Gasteiger partial charge in [-0.3, -0.25) is 14.4 Å². The zero-order valence-electron chi connectivity index (χ0n) is 20.6. The highest BCUT2D eigenvalue weighted by Crippen LogP contribution is 2.33. The molecule has 9 nitrogen and oxygen atoms in total. The maximum absolute atomic E-state index is 12.3. The quantitative estimate of drug-likeness (QED) is 0.147. The van der Waals surface area contributed by atoms with Gasteiger partial charge in [0, 0.05) is 12.2 Å². The van der Waals surface area contributed by atoms with Gasteiger partial charge in [-0.05, 0) is 77.4 Å². The zero-order chi connectivity index (χ0) is 26.8. The van der Waals surface area contributed by atoms with Crippen LogP contribution >= 0.6 is 22.6 Å². The summed E-state index contributed by atoms with van der Waals surface area (Å²) in [5, 5.41) is 9.19. The van der Waals surface area contributed by atoms with Gasteiger partial charge in [0.1, 0.15) is 0 Å². The smallest absolute Gasteiger partial charge is 0.329 e. The molecule has 0 aromatic heterocycles. The summed E-state index contributed by atoms with van der Waals surface area (Å²) in [6.45, 7) is 3.94. The molecule has 3 N–H and O–H groups in total. The van der Waals surface area contributed by atoms with Gasteiger partial charge in [-0.15, -0.1) is 0 Å². The Morgan fingerprint density at radius 2 is 1.73 bits per heavy atom. The largest absolute Gasteiger partial charge is 0.493 e. The van der Waals surface area contributed by atoms with E-state index >= 15 is 0 Å². The monoisotopic (exact) mass is 614 g/mol. The number of halogens is 1. The molecule has 0 spiro atoms. The molecule has 3 amide bonds. The molecule has 0 aliphatic carbocycles. The highest BCUT2D eigenvalue weighted by atomic mass is 127. The lowest BCUT2D eigenvalue weighted by molar-refractivity contribution is -0.139. The molecule has 3 aromatic rings. The Bertz CT molecular complexity index is 1310. The number of hydrogen-bond acceptors (Lipinski definition) is 6. The standard InChI is InChI=1S/C27H27IN4O5/c1-17-7-9-19(10-8-17)14-29-26(34)27(35)32-30-15-20-12-22(28)25(23(13-20)36-3)37-16-24(33)31-21-6-4-5-18(2)11-21/h4-13,15H,14,16H2,1-3H3,(H,29,34)(H,31,33)(H,32,35)/b30-15-. The molecule has 37 heavy (non-hydrogen) atoms. The molecule has 0 heterocycles. The van der Waals surface area contributed by atoms with Gasteiger partial charge in [0.2, 0.25) is 0 Å². The third-order valence-corrected chi connectivity index (χ3v) is 5.86. The van der Waals surface area contributed by atoms with Crippen LogP contribution in [0.4, 0.5) is 5.69 Å². The molecule has 3 rings (SSSR count). The number of hydrazone groups is 1. The minimum absolute atomic E-state index is 0.207. The third kappa shape index (κ3) is 8.60. The summed E-state index contributed by atoms with van der Waals surface area (Å²) in [4.78, 5) is 36.3. The number of carbonyl (C=O) groups is 3. The molecule has 192 valence electrons. The van der Waals surface area contributed by atoms with E-state index in [9.17, 15) is 14.4 Å². The predicted octanol–water partition coefficient (Wildman–Crippen LogP) is 3.70. The van der Waals surface area contributed by atoms with Crippen molar-refractivity contribution in [1.82, 2.24) is 10.7 Å². The van der Waals surface area contributed by atoms with Gasteiger partial charge in [0.05, 0.1) is 16.9 Å². The van der Waals surface area contributed by atoms with Crippen LogP contribution in [-0.2, 0) is 20.9 Å². The van der Waals surface area contributed by atoms with Crippen molar-refractivity contribution in [3.8, 4) is 11.5 Å². The normalized spacial score (nSPS) is 10.6. The lowest BCUT2D eigenvalue weighted by Crippen LogP contribution is -2.37. The summed E-state index contributed by atoms with van der Waals surface area (Å²) >= 11 is 2.05. The van der Waals surface area contributed by atoms with E-state index in [4.69, 9.17) is 9.47 Å². The lowest BCUT2D eigenvalue weighted by Gasteiger charge is -2.13. The summed E-state index contributed by atoms with van der Waals surface area (Å²) in [5.41, 5.74) is 6.51. The number of anilines is 1. The van der Waals surface area contributed by atoms with Crippen molar-refractivity contribution in [2.24, 2.45) is 5.10 Å². The first-order valence-corrected chi connectivity index (χ1v) is 12.4. The van der Waals surface area contributed by atoms with E-state index in [0.717, 1.165) is 16.7 Å². The molecule has 0 unspecified atom stereocenters. The van der Waals surface area contributed by atoms with Crippen LogP contribution in [0.5, 0.6) is 11.5 Å². The number of aryl methyl sites for hydroxylation is 2. The van der Waals surface area contributed by atoms with Crippen molar-refractivity contribution < 1.29 is 23.9 Å². The highest BCUT2D eigenvalue weighted by Gasteiger charge is 2.15. The molecule has 0 bridgehead atoms. The second kappa shape index (κ2) is 13.4. The molecule has 0 radical (unpaired) electrons. The fourth-order valence-corrected chi connectivity index (χ4v) is 3.98. The summed E-state index contributed by atoms with van der Waals surface area (Å²) < 4.78 is 11.8. The van der Waals surface area contributed by atoms with Crippen LogP contribution in [0.1, 0.15) is 22.3 Å². The Morgan fingerprint density at radius 1 is 0.973 bits per heavy atom. The molecular weight excluding hydrogens is 587 g/mol. The van der Waals surface area contributed by atoms with Gasteiger partial charge in [0.25, 0.3) is 5.91 Å². The van der Waals surface area contributed by atoms with Crippen LogP contribution in [0, 0.1) is 17.4 Å². The van der Waals surface area contributed by atoms with Crippen LogP contribution in [0.3, 0.4) is 0 Å². The summed E-state index contributed by atoms with van der Waals surface area (Å²) in [5.74, 6) is -1.20. The Labute approximate surface area is 228 Å². The average molecular weight is 614 g/mol. The molecule has 3 aromatic carbocycles. The zero-order valence-corrected chi connectivity index (χ0v) is 22.8. The Morgan fingerprint density at radius 3 is 2.43 bits per heavy atom. The number of amides is 3. The molecule has 0 saturated heterocycles. The van der Waals surface area contributed by atoms with Gasteiger partial charge in [-0.1, -0.05) is 42.0 Å². The molecule has 0 saturated carbocycles. The minimum Gasteiger partial charge on any atom is -0.493 e. The van der Waals surface area contributed by atoms with E-state index in [2.05, 4.69) is 43.8 Å². The molecule has 0 aliphatic heterocycles. The van der Waals surface area contributed by atoms with Crippen LogP contribution < -0.4 is 25.5 Å². The Hall–Kier alpha value is -3.93. The van der Waals surface area contributed by atoms with E-state index in [1.807, 2.05) is 56.3 Å². The first-order chi connectivity index (χ1) is 17.7. The van der Waals surface area contributed by atoms with Crippen molar-refractivity contribution >= 4 is 52.2 Å². The number of nitrogens with one attached hydrogen (secondary N) is 3. The van der Waals surface area contributed by atoms with E-state index in [-0.39, 0.29) is 19.1 Å². The number of rotatable bonds is 9. The summed E-state index contributed by atoms with van der Waals surface area (Å²) in [6, 6.07) is 18.5. The SMILES string of the molecule is COc1cc(/C=N\NC(=O)C(=O)NCc2ccc(C)cc2)cc(I)c1OCC(=O)Nc1cccc(C)c1. The summed E-state index contributed by atoms with van der Waals surface area (Å²) in [7, 11) is 1.48. The fourth-order valence-electron chi connectivity index (χ4n) is 3.20. The van der Waals surface area contributed by atoms with Crippen LogP contribution in [0.15, 0.2) is 65.8 Å². The van der Waals surface area contributed by atoms with Crippen molar-refractivity contribution in [1.29, 1.82) is 0 Å². The number of ether oxygens (including phenoxy) is 2. The van der Waals surface area contributed by atoms with Gasteiger partial charge in [-0.25, -0.2) is 5.43 Å². The van der Waals surface area contributed by atoms with E-state index in [1.54, 1.807) is 18.2 Å². The first kappa shape index (κ1) is 27.7. The molecule has 10 heteroatoms. The van der Waals surface area contributed by atoms with Crippen LogP contribution in [0.2, 0.25) is 0 Å². The maximum atomic E-state index is 12.3. The van der Waals surface area contributed by atoms with Crippen molar-refractivity contribution in [2.75, 3.05) is 19.0 Å². The van der Waals surface area contributed by atoms with Gasteiger partial charge in [-0.2, -0.15) is 5.10 Å². The second-order valence-corrected chi connectivity index (χ2v) is 9.27. The molecular formula is C27H27IN4O5.